The van der Waals surface area contributed by atoms with Crippen LogP contribution >= 0.6 is 0 Å². The second-order valence-electron chi connectivity index (χ2n) is 11.1. The van der Waals surface area contributed by atoms with E-state index >= 15 is 0 Å². The fourth-order valence-corrected chi connectivity index (χ4v) is 5.68. The molecule has 0 saturated carbocycles. The van der Waals surface area contributed by atoms with Crippen molar-refractivity contribution in [2.24, 2.45) is 0 Å². The van der Waals surface area contributed by atoms with Crippen molar-refractivity contribution in [3.8, 4) is 5.75 Å². The molecule has 0 radical (unpaired) electrons. The summed E-state index contributed by atoms with van der Waals surface area (Å²) >= 11 is 0. The molecule has 3 aromatic rings. The molecule has 0 bridgehead atoms. The number of nitrogens with zero attached hydrogens (tertiary/aromatic N) is 2. The standard InChI is InChI=1S/C32H41N3O5S/c1-8-40-28-17-19-29(20-18-28)41(38,39)35(27-15-13-23(2)14-16-27)22-30(36)34(21-26-12-10-9-11-24(26)3)25(4)31(37)33-32(5,6)7/h9-20,25H,8,21-22H2,1-7H3,(H,33,37). The third kappa shape index (κ3) is 8.33. The van der Waals surface area contributed by atoms with E-state index in [9.17, 15) is 18.0 Å². The quantitative estimate of drug-likeness (QED) is 0.336. The third-order valence-corrected chi connectivity index (χ3v) is 8.38. The van der Waals surface area contributed by atoms with Gasteiger partial charge < -0.3 is 15.0 Å². The molecular weight excluding hydrogens is 538 g/mol. The number of sulfonamides is 1. The normalized spacial score (nSPS) is 12.4. The first-order chi connectivity index (χ1) is 19.2. The van der Waals surface area contributed by atoms with Crippen LogP contribution in [0.15, 0.2) is 77.7 Å². The van der Waals surface area contributed by atoms with Gasteiger partial charge in [0.15, 0.2) is 0 Å². The van der Waals surface area contributed by atoms with Crippen LogP contribution in [0.25, 0.3) is 0 Å². The molecule has 1 unspecified atom stereocenters. The molecule has 9 heteroatoms. The zero-order valence-electron chi connectivity index (χ0n) is 25.0. The molecule has 0 fully saturated rings. The van der Waals surface area contributed by atoms with Crippen molar-refractivity contribution >= 4 is 27.5 Å². The van der Waals surface area contributed by atoms with Crippen molar-refractivity contribution in [1.82, 2.24) is 10.2 Å². The van der Waals surface area contributed by atoms with E-state index in [4.69, 9.17) is 4.74 Å². The molecule has 8 nitrogen and oxygen atoms in total. The minimum Gasteiger partial charge on any atom is -0.494 e. The van der Waals surface area contributed by atoms with Crippen LogP contribution in [0.4, 0.5) is 5.69 Å². The van der Waals surface area contributed by atoms with Crippen molar-refractivity contribution in [3.05, 3.63) is 89.5 Å². The van der Waals surface area contributed by atoms with Crippen LogP contribution < -0.4 is 14.4 Å². The molecule has 0 saturated heterocycles. The minimum atomic E-state index is -4.15. The first-order valence-electron chi connectivity index (χ1n) is 13.7. The zero-order valence-corrected chi connectivity index (χ0v) is 25.8. The van der Waals surface area contributed by atoms with Crippen LogP contribution in [0.5, 0.6) is 5.75 Å². The zero-order chi connectivity index (χ0) is 30.4. The Hall–Kier alpha value is -3.85. The first-order valence-corrected chi connectivity index (χ1v) is 15.1. The maximum absolute atomic E-state index is 14.1. The largest absolute Gasteiger partial charge is 0.494 e. The van der Waals surface area contributed by atoms with E-state index in [0.717, 1.165) is 21.0 Å². The molecule has 2 amide bonds. The van der Waals surface area contributed by atoms with Crippen molar-refractivity contribution in [3.63, 3.8) is 0 Å². The lowest BCUT2D eigenvalue weighted by atomic mass is 10.1. The molecule has 0 heterocycles. The predicted octanol–water partition coefficient (Wildman–Crippen LogP) is 5.23. The van der Waals surface area contributed by atoms with Crippen LogP contribution in [0, 0.1) is 13.8 Å². The summed E-state index contributed by atoms with van der Waals surface area (Å²) in [5, 5.41) is 2.94. The lowest BCUT2D eigenvalue weighted by Crippen LogP contribution is -2.54. The Bertz CT molecular complexity index is 1450. The number of ether oxygens (including phenoxy) is 1. The van der Waals surface area contributed by atoms with Crippen LogP contribution in [0.1, 0.15) is 51.3 Å². The van der Waals surface area contributed by atoms with E-state index < -0.39 is 34.1 Å². The molecule has 1 N–H and O–H groups in total. The molecule has 0 spiro atoms. The van der Waals surface area contributed by atoms with Crippen LogP contribution in [0.2, 0.25) is 0 Å². The molecule has 3 rings (SSSR count). The second kappa shape index (κ2) is 13.2. The fraction of sp³-hybridized carbons (Fsp3) is 0.375. The van der Waals surface area contributed by atoms with Gasteiger partial charge in [-0.05, 0) is 96.0 Å². The van der Waals surface area contributed by atoms with Gasteiger partial charge in [0.2, 0.25) is 11.8 Å². The van der Waals surface area contributed by atoms with Crippen LogP contribution in [-0.4, -0.2) is 49.9 Å². The van der Waals surface area contributed by atoms with E-state index in [2.05, 4.69) is 5.32 Å². The topological polar surface area (TPSA) is 96.0 Å². The monoisotopic (exact) mass is 579 g/mol. The van der Waals surface area contributed by atoms with Gasteiger partial charge in [0, 0.05) is 12.1 Å². The maximum Gasteiger partial charge on any atom is 0.264 e. The van der Waals surface area contributed by atoms with Gasteiger partial charge in [-0.1, -0.05) is 42.0 Å². The maximum atomic E-state index is 14.1. The van der Waals surface area contributed by atoms with E-state index in [1.54, 1.807) is 43.3 Å². The van der Waals surface area contributed by atoms with Crippen molar-refractivity contribution in [2.75, 3.05) is 17.5 Å². The Balaban J connectivity index is 2.04. The first kappa shape index (κ1) is 31.7. The minimum absolute atomic E-state index is 0.0262. The number of anilines is 1. The van der Waals surface area contributed by atoms with Gasteiger partial charge in [0.25, 0.3) is 10.0 Å². The molecule has 0 aromatic heterocycles. The number of hydrogen-bond acceptors (Lipinski definition) is 5. The van der Waals surface area contributed by atoms with E-state index in [-0.39, 0.29) is 17.3 Å². The number of carbonyl (C=O) groups is 2. The number of nitrogens with one attached hydrogen (secondary N) is 1. The highest BCUT2D eigenvalue weighted by atomic mass is 32.2. The van der Waals surface area contributed by atoms with Crippen LogP contribution in [-0.2, 0) is 26.2 Å². The molecule has 0 aliphatic rings. The molecule has 220 valence electrons. The molecule has 3 aromatic carbocycles. The molecular formula is C32H41N3O5S. The highest BCUT2D eigenvalue weighted by Gasteiger charge is 2.33. The molecule has 41 heavy (non-hydrogen) atoms. The van der Waals surface area contributed by atoms with Gasteiger partial charge in [0.1, 0.15) is 18.3 Å². The number of benzene rings is 3. The number of aryl methyl sites for hydroxylation is 2. The Kier molecular flexibility index (Phi) is 10.2. The summed E-state index contributed by atoms with van der Waals surface area (Å²) in [5.41, 5.74) is 2.62. The second-order valence-corrected chi connectivity index (χ2v) is 13.0. The predicted molar refractivity (Wildman–Crippen MR) is 162 cm³/mol. The number of rotatable bonds is 11. The van der Waals surface area contributed by atoms with Gasteiger partial charge in [-0.15, -0.1) is 0 Å². The lowest BCUT2D eigenvalue weighted by molar-refractivity contribution is -0.140. The van der Waals surface area contributed by atoms with Crippen LogP contribution in [0.3, 0.4) is 0 Å². The Morgan fingerprint density at radius 3 is 2.10 bits per heavy atom. The summed E-state index contributed by atoms with van der Waals surface area (Å²) in [4.78, 5) is 28.8. The van der Waals surface area contributed by atoms with Gasteiger partial charge in [-0.25, -0.2) is 8.42 Å². The molecule has 0 aliphatic carbocycles. The van der Waals surface area contributed by atoms with E-state index in [1.165, 1.54) is 17.0 Å². The summed E-state index contributed by atoms with van der Waals surface area (Å²) < 4.78 is 34.5. The van der Waals surface area contributed by atoms with Gasteiger partial charge in [-0.3, -0.25) is 13.9 Å². The number of hydrogen-bond donors (Lipinski definition) is 1. The lowest BCUT2D eigenvalue weighted by Gasteiger charge is -2.33. The van der Waals surface area contributed by atoms with Gasteiger partial charge in [-0.2, -0.15) is 0 Å². The van der Waals surface area contributed by atoms with Gasteiger partial charge in [0.05, 0.1) is 17.2 Å². The summed E-state index contributed by atoms with van der Waals surface area (Å²) in [5.74, 6) is -0.275. The highest BCUT2D eigenvalue weighted by Crippen LogP contribution is 2.26. The van der Waals surface area contributed by atoms with Gasteiger partial charge >= 0.3 is 0 Å². The average Bonchev–Trinajstić information content (AvgIpc) is 2.91. The van der Waals surface area contributed by atoms with Crippen molar-refractivity contribution in [1.29, 1.82) is 0 Å². The average molecular weight is 580 g/mol. The van der Waals surface area contributed by atoms with E-state index in [0.29, 0.717) is 18.0 Å². The van der Waals surface area contributed by atoms with Crippen molar-refractivity contribution < 1.29 is 22.7 Å². The smallest absolute Gasteiger partial charge is 0.264 e. The fourth-order valence-electron chi connectivity index (χ4n) is 4.27. The summed E-state index contributed by atoms with van der Waals surface area (Å²) in [6.45, 7) is 13.1. The van der Waals surface area contributed by atoms with Crippen molar-refractivity contribution in [2.45, 2.75) is 71.5 Å². The summed E-state index contributed by atoms with van der Waals surface area (Å²) in [7, 11) is -4.15. The summed E-state index contributed by atoms with van der Waals surface area (Å²) in [6.07, 6.45) is 0. The molecule has 1 atom stereocenters. The number of amides is 2. The molecule has 0 aliphatic heterocycles. The van der Waals surface area contributed by atoms with E-state index in [1.807, 2.05) is 65.8 Å². The highest BCUT2D eigenvalue weighted by molar-refractivity contribution is 7.92. The number of carbonyl (C=O) groups excluding carboxylic acids is 2. The third-order valence-electron chi connectivity index (χ3n) is 6.59. The Morgan fingerprint density at radius 2 is 1.54 bits per heavy atom. The SMILES string of the molecule is CCOc1ccc(S(=O)(=O)N(CC(=O)N(Cc2ccccc2C)C(C)C(=O)NC(C)(C)C)c2ccc(C)cc2)cc1. The summed E-state index contributed by atoms with van der Waals surface area (Å²) in [6, 6.07) is 19.8. The Labute approximate surface area is 244 Å². The Morgan fingerprint density at radius 1 is 0.927 bits per heavy atom.